The first-order chi connectivity index (χ1) is 13.5. The molecular weight excluding hydrogens is 377 g/mol. The largest absolute Gasteiger partial charge is 0.366 e. The van der Waals surface area contributed by atoms with Crippen molar-refractivity contribution < 1.29 is 14.0 Å². The second-order valence-electron chi connectivity index (χ2n) is 6.72. The minimum absolute atomic E-state index is 0.0292. The van der Waals surface area contributed by atoms with Crippen LogP contribution in [0.4, 0.5) is 10.1 Å². The number of hydrogen-bond donors (Lipinski definition) is 2. The van der Waals surface area contributed by atoms with E-state index in [1.165, 1.54) is 12.1 Å². The van der Waals surface area contributed by atoms with Crippen molar-refractivity contribution in [3.05, 3.63) is 71.0 Å². The number of amides is 2. The molecule has 2 aromatic carbocycles. The second-order valence-corrected chi connectivity index (χ2v) is 7.79. The molecule has 0 saturated heterocycles. The first-order valence-corrected chi connectivity index (χ1v) is 9.75. The van der Waals surface area contributed by atoms with Gasteiger partial charge in [0.2, 0.25) is 5.91 Å². The predicted octanol–water partition coefficient (Wildman–Crippen LogP) is 4.22. The number of benzene rings is 2. The van der Waals surface area contributed by atoms with Crippen LogP contribution in [-0.2, 0) is 4.79 Å². The normalized spacial score (nSPS) is 18.9. The van der Waals surface area contributed by atoms with Gasteiger partial charge in [0.1, 0.15) is 5.82 Å². The van der Waals surface area contributed by atoms with Crippen molar-refractivity contribution in [1.82, 2.24) is 4.98 Å². The van der Waals surface area contributed by atoms with Crippen molar-refractivity contribution in [3.8, 4) is 0 Å². The number of para-hydroxylation sites is 1. The Kier molecular flexibility index (Phi) is 4.92. The number of primary amides is 1. The fraction of sp³-hybridized carbons (Fsp3) is 0.190. The lowest BCUT2D eigenvalue weighted by Crippen LogP contribution is -2.29. The molecule has 2 atom stereocenters. The zero-order valence-electron chi connectivity index (χ0n) is 14.9. The summed E-state index contributed by atoms with van der Waals surface area (Å²) in [4.78, 5) is 29.0. The van der Waals surface area contributed by atoms with Crippen LogP contribution in [0.25, 0.3) is 10.2 Å². The third-order valence-electron chi connectivity index (χ3n) is 4.90. The lowest BCUT2D eigenvalue weighted by atomic mass is 9.82. The molecule has 4 rings (SSSR count). The zero-order valence-corrected chi connectivity index (χ0v) is 15.7. The molecule has 0 aliphatic heterocycles. The Morgan fingerprint density at radius 1 is 1.14 bits per heavy atom. The number of halogens is 1. The monoisotopic (exact) mass is 395 g/mol. The van der Waals surface area contributed by atoms with E-state index in [0.29, 0.717) is 12.1 Å². The van der Waals surface area contributed by atoms with Crippen LogP contribution in [0.15, 0.2) is 54.6 Å². The lowest BCUT2D eigenvalue weighted by molar-refractivity contribution is -0.120. The minimum Gasteiger partial charge on any atom is -0.366 e. The van der Waals surface area contributed by atoms with Gasteiger partial charge in [-0.2, -0.15) is 0 Å². The highest BCUT2D eigenvalue weighted by Crippen LogP contribution is 2.39. The Morgan fingerprint density at radius 2 is 1.93 bits per heavy atom. The predicted molar refractivity (Wildman–Crippen MR) is 108 cm³/mol. The molecule has 3 N–H and O–H groups in total. The van der Waals surface area contributed by atoms with E-state index in [2.05, 4.69) is 11.4 Å². The van der Waals surface area contributed by atoms with Gasteiger partial charge in [-0.15, -0.1) is 11.3 Å². The lowest BCUT2D eigenvalue weighted by Gasteiger charge is -2.26. The van der Waals surface area contributed by atoms with E-state index in [-0.39, 0.29) is 23.3 Å². The summed E-state index contributed by atoms with van der Waals surface area (Å²) in [7, 11) is 0. The van der Waals surface area contributed by atoms with Crippen molar-refractivity contribution in [2.24, 2.45) is 11.7 Å². The van der Waals surface area contributed by atoms with Crippen molar-refractivity contribution in [1.29, 1.82) is 0 Å². The summed E-state index contributed by atoms with van der Waals surface area (Å²) < 4.78 is 14.8. The third-order valence-corrected chi connectivity index (χ3v) is 6.06. The van der Waals surface area contributed by atoms with Crippen LogP contribution in [0.1, 0.15) is 34.1 Å². The van der Waals surface area contributed by atoms with Crippen LogP contribution in [0.2, 0.25) is 0 Å². The summed E-state index contributed by atoms with van der Waals surface area (Å²) in [6.45, 7) is 0. The molecule has 1 heterocycles. The van der Waals surface area contributed by atoms with Crippen LogP contribution in [0.3, 0.4) is 0 Å². The Balaban J connectivity index is 1.59. The van der Waals surface area contributed by atoms with Gasteiger partial charge < -0.3 is 11.1 Å². The standard InChI is InChI=1S/C21H18FN3O2S/c22-16-10-9-12(11-15(16)19(23)26)24-20(27)13-5-1-2-6-14(13)21-25-17-7-3-4-8-18(17)28-21/h1-4,7-11,13-14H,5-6H2,(H2,23,26)(H,24,27). The maximum atomic E-state index is 13.7. The van der Waals surface area contributed by atoms with Crippen LogP contribution < -0.4 is 11.1 Å². The molecule has 28 heavy (non-hydrogen) atoms. The first-order valence-electron chi connectivity index (χ1n) is 8.93. The molecule has 0 saturated carbocycles. The van der Waals surface area contributed by atoms with E-state index in [1.807, 2.05) is 30.3 Å². The van der Waals surface area contributed by atoms with Crippen molar-refractivity contribution >= 4 is 39.1 Å². The highest BCUT2D eigenvalue weighted by molar-refractivity contribution is 7.18. The summed E-state index contributed by atoms with van der Waals surface area (Å²) in [6, 6.07) is 11.7. The molecule has 2 unspecified atom stereocenters. The quantitative estimate of drug-likeness (QED) is 0.649. The van der Waals surface area contributed by atoms with Gasteiger partial charge >= 0.3 is 0 Å². The van der Waals surface area contributed by atoms with Gasteiger partial charge in [-0.05, 0) is 43.2 Å². The molecule has 2 amide bonds. The average Bonchev–Trinajstić information content (AvgIpc) is 3.13. The number of nitrogens with two attached hydrogens (primary N) is 1. The van der Waals surface area contributed by atoms with Crippen LogP contribution in [-0.4, -0.2) is 16.8 Å². The summed E-state index contributed by atoms with van der Waals surface area (Å²) in [6.07, 6.45) is 5.39. The van der Waals surface area contributed by atoms with E-state index >= 15 is 0 Å². The van der Waals surface area contributed by atoms with Crippen LogP contribution in [0, 0.1) is 11.7 Å². The third kappa shape index (κ3) is 3.53. The van der Waals surface area contributed by atoms with Gasteiger partial charge in [0.25, 0.3) is 5.91 Å². The number of nitrogens with one attached hydrogen (secondary N) is 1. The van der Waals surface area contributed by atoms with Gasteiger partial charge in [-0.1, -0.05) is 24.3 Å². The van der Waals surface area contributed by atoms with Crippen LogP contribution in [0.5, 0.6) is 0 Å². The number of rotatable bonds is 4. The number of anilines is 1. The molecule has 0 bridgehead atoms. The van der Waals surface area contributed by atoms with Crippen molar-refractivity contribution in [2.45, 2.75) is 18.8 Å². The molecule has 1 aliphatic carbocycles. The smallest absolute Gasteiger partial charge is 0.251 e. The molecular formula is C21H18FN3O2S. The number of nitrogens with zero attached hydrogens (tertiary/aromatic N) is 1. The SMILES string of the molecule is NC(=O)c1cc(NC(=O)C2CC=CCC2c2nc3ccccc3s2)ccc1F. The van der Waals surface area contributed by atoms with Gasteiger partial charge in [0, 0.05) is 11.6 Å². The van der Waals surface area contributed by atoms with Crippen LogP contribution >= 0.6 is 11.3 Å². The number of aromatic nitrogens is 1. The average molecular weight is 395 g/mol. The Labute approximate surface area is 165 Å². The number of hydrogen-bond acceptors (Lipinski definition) is 4. The van der Waals surface area contributed by atoms with Gasteiger partial charge in [0.05, 0.1) is 26.7 Å². The van der Waals surface area contributed by atoms with Crippen molar-refractivity contribution in [2.75, 3.05) is 5.32 Å². The molecule has 3 aromatic rings. The van der Waals surface area contributed by atoms with Gasteiger partial charge in [-0.3, -0.25) is 9.59 Å². The van der Waals surface area contributed by atoms with E-state index in [0.717, 1.165) is 27.7 Å². The molecule has 5 nitrogen and oxygen atoms in total. The van der Waals surface area contributed by atoms with E-state index < -0.39 is 11.7 Å². The molecule has 0 radical (unpaired) electrons. The zero-order chi connectivity index (χ0) is 19.7. The van der Waals surface area contributed by atoms with Crippen molar-refractivity contribution in [3.63, 3.8) is 0 Å². The molecule has 0 fully saturated rings. The number of allylic oxidation sites excluding steroid dienone is 2. The van der Waals surface area contributed by atoms with Gasteiger partial charge in [-0.25, -0.2) is 9.37 Å². The molecule has 0 spiro atoms. The van der Waals surface area contributed by atoms with E-state index in [1.54, 1.807) is 11.3 Å². The topological polar surface area (TPSA) is 85.1 Å². The number of carbonyl (C=O) groups is 2. The Morgan fingerprint density at radius 3 is 2.71 bits per heavy atom. The number of carbonyl (C=O) groups excluding carboxylic acids is 2. The molecule has 142 valence electrons. The highest BCUT2D eigenvalue weighted by Gasteiger charge is 2.32. The Hall–Kier alpha value is -3.06. The maximum Gasteiger partial charge on any atom is 0.251 e. The first kappa shape index (κ1) is 18.3. The summed E-state index contributed by atoms with van der Waals surface area (Å²) in [5, 5.41) is 3.73. The fourth-order valence-corrected chi connectivity index (χ4v) is 4.60. The summed E-state index contributed by atoms with van der Waals surface area (Å²) in [5.74, 6) is -2.10. The fourth-order valence-electron chi connectivity index (χ4n) is 3.45. The number of thiazole rings is 1. The summed E-state index contributed by atoms with van der Waals surface area (Å²) in [5.41, 5.74) is 6.21. The second kappa shape index (κ2) is 7.52. The van der Waals surface area contributed by atoms with Gasteiger partial charge in [0.15, 0.2) is 0 Å². The summed E-state index contributed by atoms with van der Waals surface area (Å²) >= 11 is 1.60. The molecule has 1 aromatic heterocycles. The highest BCUT2D eigenvalue weighted by atomic mass is 32.1. The minimum atomic E-state index is -0.874. The van der Waals surface area contributed by atoms with E-state index in [9.17, 15) is 14.0 Å². The Bertz CT molecular complexity index is 1060. The molecule has 1 aliphatic rings. The number of fused-ring (bicyclic) bond motifs is 1. The molecule has 7 heteroatoms. The maximum absolute atomic E-state index is 13.7. The van der Waals surface area contributed by atoms with E-state index in [4.69, 9.17) is 10.7 Å².